The van der Waals surface area contributed by atoms with Crippen molar-refractivity contribution >= 4 is 11.7 Å². The number of hydrogen-bond acceptors (Lipinski definition) is 3. The normalized spacial score (nSPS) is 22.3. The zero-order valence-corrected chi connectivity index (χ0v) is 11.2. The molecule has 0 spiro atoms. The van der Waals surface area contributed by atoms with E-state index in [-0.39, 0.29) is 11.8 Å². The van der Waals surface area contributed by atoms with Crippen LogP contribution in [0.4, 0.5) is 5.82 Å². The third-order valence-corrected chi connectivity index (χ3v) is 4.10. The summed E-state index contributed by atoms with van der Waals surface area (Å²) in [6, 6.07) is 4.30. The van der Waals surface area contributed by atoms with E-state index in [1.54, 1.807) is 0 Å². The van der Waals surface area contributed by atoms with Crippen molar-refractivity contribution in [1.82, 2.24) is 10.3 Å². The SMILES string of the molecule is O=C1NCCCC1CCc1ccc2c(n1)NCCC2. The second-order valence-electron chi connectivity index (χ2n) is 5.51. The number of rotatable bonds is 3. The first-order valence-electron chi connectivity index (χ1n) is 7.33. The zero-order chi connectivity index (χ0) is 13.1. The highest BCUT2D eigenvalue weighted by Crippen LogP contribution is 2.22. The van der Waals surface area contributed by atoms with E-state index >= 15 is 0 Å². The van der Waals surface area contributed by atoms with Gasteiger partial charge in [-0.3, -0.25) is 4.79 Å². The van der Waals surface area contributed by atoms with Gasteiger partial charge >= 0.3 is 0 Å². The summed E-state index contributed by atoms with van der Waals surface area (Å²) in [5, 5.41) is 6.31. The molecule has 0 bridgehead atoms. The minimum Gasteiger partial charge on any atom is -0.370 e. The van der Waals surface area contributed by atoms with Crippen LogP contribution in [0, 0.1) is 5.92 Å². The Bertz CT molecular complexity index is 472. The molecule has 1 atom stereocenters. The van der Waals surface area contributed by atoms with E-state index in [0.29, 0.717) is 0 Å². The van der Waals surface area contributed by atoms with Crippen molar-refractivity contribution in [1.29, 1.82) is 0 Å². The van der Waals surface area contributed by atoms with E-state index in [2.05, 4.69) is 27.8 Å². The van der Waals surface area contributed by atoms with E-state index in [9.17, 15) is 4.79 Å². The van der Waals surface area contributed by atoms with Crippen LogP contribution in [0.5, 0.6) is 0 Å². The van der Waals surface area contributed by atoms with Crippen molar-refractivity contribution in [2.24, 2.45) is 5.92 Å². The quantitative estimate of drug-likeness (QED) is 0.871. The molecule has 1 fully saturated rings. The minimum absolute atomic E-state index is 0.180. The average molecular weight is 259 g/mol. The molecule has 1 aromatic rings. The van der Waals surface area contributed by atoms with Gasteiger partial charge in [-0.1, -0.05) is 6.07 Å². The van der Waals surface area contributed by atoms with Gasteiger partial charge in [0.05, 0.1) is 0 Å². The smallest absolute Gasteiger partial charge is 0.223 e. The summed E-state index contributed by atoms with van der Waals surface area (Å²) in [5.41, 5.74) is 2.43. The Morgan fingerprint density at radius 3 is 3.00 bits per heavy atom. The van der Waals surface area contributed by atoms with Gasteiger partial charge in [-0.25, -0.2) is 4.98 Å². The standard InChI is InChI=1S/C15H21N3O/c19-15-12(4-2-10-17-15)6-8-13-7-5-11-3-1-9-16-14(11)18-13/h5,7,12H,1-4,6,8-10H2,(H,16,18)(H,17,19). The molecule has 2 N–H and O–H groups in total. The molecule has 2 aliphatic heterocycles. The first-order chi connectivity index (χ1) is 9.33. The van der Waals surface area contributed by atoms with Crippen molar-refractivity contribution < 1.29 is 4.79 Å². The third kappa shape index (κ3) is 2.88. The van der Waals surface area contributed by atoms with Gasteiger partial charge in [-0.05, 0) is 50.2 Å². The fourth-order valence-electron chi connectivity index (χ4n) is 2.94. The molecule has 0 radical (unpaired) electrons. The van der Waals surface area contributed by atoms with Crippen LogP contribution in [0.15, 0.2) is 12.1 Å². The number of pyridine rings is 1. The number of carbonyl (C=O) groups is 1. The van der Waals surface area contributed by atoms with Crippen LogP contribution in [-0.2, 0) is 17.6 Å². The number of fused-ring (bicyclic) bond motifs is 1. The maximum Gasteiger partial charge on any atom is 0.223 e. The minimum atomic E-state index is 0.180. The summed E-state index contributed by atoms with van der Waals surface area (Å²) in [7, 11) is 0. The predicted molar refractivity (Wildman–Crippen MR) is 75.1 cm³/mol. The lowest BCUT2D eigenvalue weighted by molar-refractivity contribution is -0.126. The summed E-state index contributed by atoms with van der Waals surface area (Å²) in [6.07, 6.45) is 6.26. The summed E-state index contributed by atoms with van der Waals surface area (Å²) in [4.78, 5) is 16.4. The zero-order valence-electron chi connectivity index (χ0n) is 11.2. The van der Waals surface area contributed by atoms with Crippen molar-refractivity contribution in [3.63, 3.8) is 0 Å². The van der Waals surface area contributed by atoms with Crippen LogP contribution in [0.1, 0.15) is 36.9 Å². The van der Waals surface area contributed by atoms with Gasteiger partial charge in [0.15, 0.2) is 0 Å². The summed E-state index contributed by atoms with van der Waals surface area (Å²) < 4.78 is 0. The number of aromatic nitrogens is 1. The van der Waals surface area contributed by atoms with Crippen LogP contribution in [0.25, 0.3) is 0 Å². The largest absolute Gasteiger partial charge is 0.370 e. The molecule has 19 heavy (non-hydrogen) atoms. The lowest BCUT2D eigenvalue weighted by atomic mass is 9.93. The van der Waals surface area contributed by atoms with Crippen molar-refractivity contribution in [2.75, 3.05) is 18.4 Å². The fourth-order valence-corrected chi connectivity index (χ4v) is 2.94. The number of nitrogens with one attached hydrogen (secondary N) is 2. The fraction of sp³-hybridized carbons (Fsp3) is 0.600. The Balaban J connectivity index is 1.62. The molecule has 3 rings (SSSR count). The van der Waals surface area contributed by atoms with Crippen molar-refractivity contribution in [2.45, 2.75) is 38.5 Å². The maximum absolute atomic E-state index is 11.7. The third-order valence-electron chi connectivity index (χ3n) is 4.10. The Morgan fingerprint density at radius 1 is 1.21 bits per heavy atom. The molecule has 4 nitrogen and oxygen atoms in total. The van der Waals surface area contributed by atoms with Gasteiger partial charge in [-0.15, -0.1) is 0 Å². The average Bonchev–Trinajstić information content (AvgIpc) is 2.46. The summed E-state index contributed by atoms with van der Waals surface area (Å²) >= 11 is 0. The van der Waals surface area contributed by atoms with E-state index < -0.39 is 0 Å². The Morgan fingerprint density at radius 2 is 2.11 bits per heavy atom. The monoisotopic (exact) mass is 259 g/mol. The first kappa shape index (κ1) is 12.5. The van der Waals surface area contributed by atoms with Crippen LogP contribution >= 0.6 is 0 Å². The summed E-state index contributed by atoms with van der Waals surface area (Å²) in [5.74, 6) is 1.46. The molecule has 1 unspecified atom stereocenters. The highest BCUT2D eigenvalue weighted by Gasteiger charge is 2.21. The van der Waals surface area contributed by atoms with Crippen molar-refractivity contribution in [3.05, 3.63) is 23.4 Å². The Kier molecular flexibility index (Phi) is 3.67. The molecule has 3 heterocycles. The Labute approximate surface area is 114 Å². The molecule has 1 aromatic heterocycles. The van der Waals surface area contributed by atoms with Crippen LogP contribution in [0.2, 0.25) is 0 Å². The second kappa shape index (κ2) is 5.59. The van der Waals surface area contributed by atoms with Gasteiger partial charge in [0.1, 0.15) is 5.82 Å². The van der Waals surface area contributed by atoms with Crippen LogP contribution in [-0.4, -0.2) is 24.0 Å². The highest BCUT2D eigenvalue weighted by atomic mass is 16.1. The number of aryl methyl sites for hydroxylation is 2. The van der Waals surface area contributed by atoms with Gasteiger partial charge < -0.3 is 10.6 Å². The number of piperidine rings is 1. The van der Waals surface area contributed by atoms with Gasteiger partial charge in [0.25, 0.3) is 0 Å². The molecule has 0 aromatic carbocycles. The van der Waals surface area contributed by atoms with E-state index in [0.717, 1.165) is 56.7 Å². The second-order valence-corrected chi connectivity index (χ2v) is 5.51. The number of nitrogens with zero attached hydrogens (tertiary/aromatic N) is 1. The lowest BCUT2D eigenvalue weighted by Gasteiger charge is -2.22. The number of anilines is 1. The predicted octanol–water partition coefficient (Wildman–Crippen LogP) is 1.90. The molecular weight excluding hydrogens is 238 g/mol. The molecule has 1 amide bonds. The van der Waals surface area contributed by atoms with E-state index in [1.165, 1.54) is 12.0 Å². The summed E-state index contributed by atoms with van der Waals surface area (Å²) in [6.45, 7) is 1.87. The molecule has 4 heteroatoms. The highest BCUT2D eigenvalue weighted by molar-refractivity contribution is 5.79. The number of amides is 1. The molecule has 0 aliphatic carbocycles. The lowest BCUT2D eigenvalue weighted by Crippen LogP contribution is -2.36. The van der Waals surface area contributed by atoms with Crippen LogP contribution < -0.4 is 10.6 Å². The molecule has 102 valence electrons. The Hall–Kier alpha value is -1.58. The first-order valence-corrected chi connectivity index (χ1v) is 7.33. The van der Waals surface area contributed by atoms with Crippen LogP contribution in [0.3, 0.4) is 0 Å². The van der Waals surface area contributed by atoms with Crippen molar-refractivity contribution in [3.8, 4) is 0 Å². The number of carbonyl (C=O) groups excluding carboxylic acids is 1. The molecule has 2 aliphatic rings. The van der Waals surface area contributed by atoms with E-state index in [4.69, 9.17) is 0 Å². The van der Waals surface area contributed by atoms with Gasteiger partial charge in [-0.2, -0.15) is 0 Å². The topological polar surface area (TPSA) is 54.0 Å². The molecular formula is C15H21N3O. The van der Waals surface area contributed by atoms with Gasteiger partial charge in [0.2, 0.25) is 5.91 Å². The molecule has 1 saturated heterocycles. The molecule has 0 saturated carbocycles. The number of hydrogen-bond donors (Lipinski definition) is 2. The van der Waals surface area contributed by atoms with Gasteiger partial charge in [0, 0.05) is 24.7 Å². The maximum atomic E-state index is 11.7. The van der Waals surface area contributed by atoms with E-state index in [1.807, 2.05) is 0 Å².